The van der Waals surface area contributed by atoms with Gasteiger partial charge >= 0.3 is 6.03 Å². The van der Waals surface area contributed by atoms with E-state index < -0.39 is 0 Å². The summed E-state index contributed by atoms with van der Waals surface area (Å²) < 4.78 is 0. The third kappa shape index (κ3) is 4.85. The number of hydrogen-bond acceptors (Lipinski definition) is 2. The fourth-order valence-electron chi connectivity index (χ4n) is 2.12. The zero-order chi connectivity index (χ0) is 15.2. The van der Waals surface area contributed by atoms with Gasteiger partial charge in [-0.1, -0.05) is 45.9 Å². The maximum Gasteiger partial charge on any atom is 0.319 e. The minimum absolute atomic E-state index is 0.00167. The Balaban J connectivity index is 2.76. The van der Waals surface area contributed by atoms with Crippen molar-refractivity contribution in [2.24, 2.45) is 0 Å². The summed E-state index contributed by atoms with van der Waals surface area (Å²) in [6.07, 6.45) is 1.37. The lowest BCUT2D eigenvalue weighted by atomic mass is 9.86. The van der Waals surface area contributed by atoms with E-state index in [0.29, 0.717) is 6.42 Å². The summed E-state index contributed by atoms with van der Waals surface area (Å²) in [5, 5.41) is 14.7. The molecule has 0 heterocycles. The van der Waals surface area contributed by atoms with E-state index in [-0.39, 0.29) is 24.1 Å². The lowest BCUT2D eigenvalue weighted by Crippen LogP contribution is -2.38. The third-order valence-electron chi connectivity index (χ3n) is 3.29. The Labute approximate surface area is 121 Å². The van der Waals surface area contributed by atoms with Crippen molar-refractivity contribution in [2.75, 3.05) is 11.9 Å². The molecule has 1 unspecified atom stereocenters. The van der Waals surface area contributed by atoms with Gasteiger partial charge in [-0.15, -0.1) is 0 Å². The van der Waals surface area contributed by atoms with Crippen molar-refractivity contribution in [3.63, 3.8) is 0 Å². The van der Waals surface area contributed by atoms with E-state index in [0.717, 1.165) is 17.7 Å². The Kier molecular flexibility index (Phi) is 6.02. The van der Waals surface area contributed by atoms with E-state index in [4.69, 9.17) is 5.11 Å². The number of carbonyl (C=O) groups is 1. The average molecular weight is 278 g/mol. The number of aliphatic hydroxyl groups excluding tert-OH is 1. The minimum atomic E-state index is -0.220. The summed E-state index contributed by atoms with van der Waals surface area (Å²) in [7, 11) is 0. The van der Waals surface area contributed by atoms with Crippen LogP contribution in [-0.4, -0.2) is 23.8 Å². The van der Waals surface area contributed by atoms with Crippen LogP contribution in [0.25, 0.3) is 0 Å². The first-order valence-corrected chi connectivity index (χ1v) is 7.16. The van der Waals surface area contributed by atoms with Crippen molar-refractivity contribution in [3.05, 3.63) is 29.8 Å². The molecule has 3 N–H and O–H groups in total. The van der Waals surface area contributed by atoms with Crippen molar-refractivity contribution >= 4 is 11.7 Å². The van der Waals surface area contributed by atoms with Gasteiger partial charge in [0.15, 0.2) is 0 Å². The highest BCUT2D eigenvalue weighted by Gasteiger charge is 2.19. The molecule has 2 amide bonds. The summed E-state index contributed by atoms with van der Waals surface area (Å²) >= 11 is 0. The Hall–Kier alpha value is -1.55. The lowest BCUT2D eigenvalue weighted by molar-refractivity contribution is 0.237. The smallest absolute Gasteiger partial charge is 0.319 e. The number of aliphatic hydroxyl groups is 1. The van der Waals surface area contributed by atoms with Crippen LogP contribution < -0.4 is 10.6 Å². The molecule has 0 saturated heterocycles. The minimum Gasteiger partial charge on any atom is -0.396 e. The van der Waals surface area contributed by atoms with Crippen LogP contribution >= 0.6 is 0 Å². The first-order chi connectivity index (χ1) is 9.38. The first-order valence-electron chi connectivity index (χ1n) is 7.16. The van der Waals surface area contributed by atoms with Gasteiger partial charge in [0.1, 0.15) is 0 Å². The zero-order valence-corrected chi connectivity index (χ0v) is 12.9. The number of benzene rings is 1. The fourth-order valence-corrected chi connectivity index (χ4v) is 2.12. The second kappa shape index (κ2) is 7.29. The van der Waals surface area contributed by atoms with Gasteiger partial charge in [-0.25, -0.2) is 4.79 Å². The van der Waals surface area contributed by atoms with Crippen LogP contribution in [0.15, 0.2) is 24.3 Å². The van der Waals surface area contributed by atoms with Gasteiger partial charge in [-0.3, -0.25) is 0 Å². The molecule has 0 spiro atoms. The number of rotatable bonds is 5. The number of hydrogen-bond donors (Lipinski definition) is 3. The van der Waals surface area contributed by atoms with E-state index in [1.165, 1.54) is 0 Å². The highest BCUT2D eigenvalue weighted by molar-refractivity contribution is 5.90. The van der Waals surface area contributed by atoms with Crippen LogP contribution in [0.3, 0.4) is 0 Å². The summed E-state index contributed by atoms with van der Waals surface area (Å²) in [5.74, 6) is 0. The average Bonchev–Trinajstić information content (AvgIpc) is 2.37. The van der Waals surface area contributed by atoms with Gasteiger partial charge in [0, 0.05) is 18.3 Å². The van der Waals surface area contributed by atoms with Gasteiger partial charge in [0.05, 0.1) is 0 Å². The molecule has 0 aliphatic heterocycles. The van der Waals surface area contributed by atoms with Crippen LogP contribution in [0.2, 0.25) is 0 Å². The molecule has 0 radical (unpaired) electrons. The van der Waals surface area contributed by atoms with E-state index in [1.54, 1.807) is 0 Å². The topological polar surface area (TPSA) is 61.4 Å². The molecule has 1 aromatic rings. The molecule has 0 bridgehead atoms. The molecule has 1 rings (SSSR count). The predicted molar refractivity (Wildman–Crippen MR) is 83.1 cm³/mol. The van der Waals surface area contributed by atoms with Crippen molar-refractivity contribution in [2.45, 2.75) is 52.0 Å². The Bertz CT molecular complexity index is 438. The predicted octanol–water partition coefficient (Wildman–Crippen LogP) is 3.27. The number of urea groups is 1. The van der Waals surface area contributed by atoms with Crippen LogP contribution in [0.5, 0.6) is 0 Å². The largest absolute Gasteiger partial charge is 0.396 e. The number of anilines is 1. The molecular formula is C16H26N2O2. The van der Waals surface area contributed by atoms with Crippen molar-refractivity contribution in [1.82, 2.24) is 5.32 Å². The van der Waals surface area contributed by atoms with Crippen LogP contribution in [-0.2, 0) is 5.41 Å². The molecule has 0 aromatic heterocycles. The lowest BCUT2D eigenvalue weighted by Gasteiger charge is -2.24. The SMILES string of the molecule is CCC(CCO)NC(=O)Nc1ccccc1C(C)(C)C. The molecule has 20 heavy (non-hydrogen) atoms. The molecule has 4 nitrogen and oxygen atoms in total. The standard InChI is InChI=1S/C16H26N2O2/c1-5-12(10-11-19)17-15(20)18-14-9-7-6-8-13(14)16(2,3)4/h6-9,12,19H,5,10-11H2,1-4H3,(H2,17,18,20). The van der Waals surface area contributed by atoms with Crippen LogP contribution in [0.4, 0.5) is 10.5 Å². The number of carbonyl (C=O) groups excluding carboxylic acids is 1. The highest BCUT2D eigenvalue weighted by atomic mass is 16.3. The molecule has 4 heteroatoms. The Morgan fingerprint density at radius 2 is 1.95 bits per heavy atom. The van der Waals surface area contributed by atoms with E-state index in [9.17, 15) is 4.79 Å². The van der Waals surface area contributed by atoms with Crippen LogP contribution in [0.1, 0.15) is 46.1 Å². The molecule has 1 aromatic carbocycles. The number of amides is 2. The molecule has 0 aliphatic carbocycles. The van der Waals surface area contributed by atoms with Crippen molar-refractivity contribution < 1.29 is 9.90 Å². The molecule has 1 atom stereocenters. The summed E-state index contributed by atoms with van der Waals surface area (Å²) in [5.41, 5.74) is 1.90. The first kappa shape index (κ1) is 16.5. The molecule has 112 valence electrons. The Morgan fingerprint density at radius 1 is 1.30 bits per heavy atom. The fraction of sp³-hybridized carbons (Fsp3) is 0.562. The highest BCUT2D eigenvalue weighted by Crippen LogP contribution is 2.29. The number of para-hydroxylation sites is 1. The van der Waals surface area contributed by atoms with Gasteiger partial charge in [0.2, 0.25) is 0 Å². The Morgan fingerprint density at radius 3 is 2.50 bits per heavy atom. The third-order valence-corrected chi connectivity index (χ3v) is 3.29. The quantitative estimate of drug-likeness (QED) is 0.774. The van der Waals surface area contributed by atoms with E-state index in [1.807, 2.05) is 31.2 Å². The molecule has 0 saturated carbocycles. The normalized spacial score (nSPS) is 12.8. The molecule has 0 aliphatic rings. The van der Waals surface area contributed by atoms with E-state index in [2.05, 4.69) is 31.4 Å². The van der Waals surface area contributed by atoms with Crippen LogP contribution in [0, 0.1) is 0 Å². The van der Waals surface area contributed by atoms with Crippen molar-refractivity contribution in [3.8, 4) is 0 Å². The molecule has 0 fully saturated rings. The summed E-state index contributed by atoms with van der Waals surface area (Å²) in [4.78, 5) is 12.0. The summed E-state index contributed by atoms with van der Waals surface area (Å²) in [6, 6.07) is 7.61. The summed E-state index contributed by atoms with van der Waals surface area (Å²) in [6.45, 7) is 8.42. The van der Waals surface area contributed by atoms with Gasteiger partial charge in [-0.2, -0.15) is 0 Å². The zero-order valence-electron chi connectivity index (χ0n) is 12.9. The number of nitrogens with one attached hydrogen (secondary N) is 2. The van der Waals surface area contributed by atoms with E-state index >= 15 is 0 Å². The maximum atomic E-state index is 12.0. The van der Waals surface area contributed by atoms with Gasteiger partial charge in [-0.05, 0) is 29.9 Å². The second-order valence-corrected chi connectivity index (χ2v) is 6.01. The van der Waals surface area contributed by atoms with Crippen molar-refractivity contribution in [1.29, 1.82) is 0 Å². The second-order valence-electron chi connectivity index (χ2n) is 6.01. The van der Waals surface area contributed by atoms with Gasteiger partial charge < -0.3 is 15.7 Å². The van der Waals surface area contributed by atoms with Gasteiger partial charge in [0.25, 0.3) is 0 Å². The molecular weight excluding hydrogens is 252 g/mol. The monoisotopic (exact) mass is 278 g/mol. The maximum absolute atomic E-state index is 12.0.